The van der Waals surface area contributed by atoms with Crippen LogP contribution in [0.25, 0.3) is 27.7 Å². The highest BCUT2D eigenvalue weighted by Crippen LogP contribution is 2.38. The molecule has 31 heavy (non-hydrogen) atoms. The van der Waals surface area contributed by atoms with Crippen molar-refractivity contribution in [1.29, 1.82) is 0 Å². The van der Waals surface area contributed by atoms with Crippen LogP contribution in [0, 0.1) is 6.92 Å². The number of rotatable bonds is 5. The van der Waals surface area contributed by atoms with Crippen LogP contribution in [0.2, 0.25) is 5.02 Å². The highest BCUT2D eigenvalue weighted by molar-refractivity contribution is 6.31. The molecule has 0 aliphatic rings. The summed E-state index contributed by atoms with van der Waals surface area (Å²) >= 11 is 6.36. The van der Waals surface area contributed by atoms with Gasteiger partial charge in [0.05, 0.1) is 11.2 Å². The Morgan fingerprint density at radius 2 is 1.68 bits per heavy atom. The number of nitrogen functional groups attached to an aromatic ring is 1. The van der Waals surface area contributed by atoms with E-state index in [1.165, 1.54) is 11.1 Å². The van der Waals surface area contributed by atoms with Crippen molar-refractivity contribution in [1.82, 2.24) is 19.9 Å². The predicted molar refractivity (Wildman–Crippen MR) is 127 cm³/mol. The molecule has 0 atom stereocenters. The summed E-state index contributed by atoms with van der Waals surface area (Å²) in [5.41, 5.74) is 13.3. The molecule has 5 nitrogen and oxygen atoms in total. The Balaban J connectivity index is 1.56. The number of halogens is 1. The average molecular weight is 428 g/mol. The quantitative estimate of drug-likeness (QED) is 0.395. The minimum Gasteiger partial charge on any atom is -0.395 e. The zero-order valence-corrected chi connectivity index (χ0v) is 17.9. The monoisotopic (exact) mass is 427 g/mol. The molecule has 2 heterocycles. The molecule has 6 heteroatoms. The van der Waals surface area contributed by atoms with E-state index in [1.54, 1.807) is 0 Å². The maximum absolute atomic E-state index is 6.62. The lowest BCUT2D eigenvalue weighted by atomic mass is 9.97. The Morgan fingerprint density at radius 1 is 0.903 bits per heavy atom. The van der Waals surface area contributed by atoms with Gasteiger partial charge in [-0.3, -0.25) is 4.40 Å². The van der Waals surface area contributed by atoms with Crippen LogP contribution >= 0.6 is 11.6 Å². The first kappa shape index (κ1) is 19.5. The molecule has 0 aliphatic heterocycles. The van der Waals surface area contributed by atoms with Gasteiger partial charge in [0.2, 0.25) is 0 Å². The van der Waals surface area contributed by atoms with Crippen LogP contribution in [0.5, 0.6) is 0 Å². The molecule has 0 saturated heterocycles. The molecule has 0 fully saturated rings. The number of hydrogen-bond acceptors (Lipinski definition) is 4. The summed E-state index contributed by atoms with van der Waals surface area (Å²) in [5, 5.41) is 13.7. The van der Waals surface area contributed by atoms with Gasteiger partial charge in [-0.15, -0.1) is 10.2 Å². The molecule has 5 aromatic rings. The first-order valence-electron chi connectivity index (χ1n) is 10.2. The molecular weight excluding hydrogens is 406 g/mol. The standard InChI is InChI=1S/C25H22ClN5/c1-16-29-30-25-24(27)23(21-13-20(26)10-11-22(21)31(16)25)19-9-5-8-18(12-19)15-28-14-17-6-3-2-4-7-17/h2-13,28H,14-15,27H2,1H3. The Bertz CT molecular complexity index is 1390. The average Bonchev–Trinajstić information content (AvgIpc) is 3.17. The third kappa shape index (κ3) is 3.63. The molecular formula is C25H22ClN5. The largest absolute Gasteiger partial charge is 0.395 e. The first-order chi connectivity index (χ1) is 15.1. The van der Waals surface area contributed by atoms with Gasteiger partial charge in [0.25, 0.3) is 0 Å². The molecule has 0 amide bonds. The van der Waals surface area contributed by atoms with Gasteiger partial charge in [-0.25, -0.2) is 0 Å². The van der Waals surface area contributed by atoms with Crippen LogP contribution in [0.4, 0.5) is 5.69 Å². The second-order valence-electron chi connectivity index (χ2n) is 7.65. The van der Waals surface area contributed by atoms with Crippen LogP contribution in [0.3, 0.4) is 0 Å². The molecule has 154 valence electrons. The number of nitrogens with one attached hydrogen (secondary N) is 1. The van der Waals surface area contributed by atoms with E-state index in [2.05, 4.69) is 64.0 Å². The fourth-order valence-electron chi connectivity index (χ4n) is 4.08. The lowest BCUT2D eigenvalue weighted by Crippen LogP contribution is -2.12. The van der Waals surface area contributed by atoms with Gasteiger partial charge >= 0.3 is 0 Å². The first-order valence-corrected chi connectivity index (χ1v) is 10.6. The molecule has 3 N–H and O–H groups in total. The number of nitrogens with zero attached hydrogens (tertiary/aromatic N) is 3. The second-order valence-corrected chi connectivity index (χ2v) is 8.08. The van der Waals surface area contributed by atoms with Crippen molar-refractivity contribution in [2.24, 2.45) is 0 Å². The number of fused-ring (bicyclic) bond motifs is 3. The second kappa shape index (κ2) is 8.02. The third-order valence-corrected chi connectivity index (χ3v) is 5.76. The number of benzene rings is 3. The van der Waals surface area contributed by atoms with Gasteiger partial charge in [0.15, 0.2) is 5.65 Å². The van der Waals surface area contributed by atoms with Gasteiger partial charge in [0, 0.05) is 29.1 Å². The Morgan fingerprint density at radius 3 is 2.52 bits per heavy atom. The number of pyridine rings is 1. The van der Waals surface area contributed by atoms with Crippen LogP contribution in [0.1, 0.15) is 17.0 Å². The van der Waals surface area contributed by atoms with Crippen molar-refractivity contribution in [3.8, 4) is 11.1 Å². The third-order valence-electron chi connectivity index (χ3n) is 5.52. The highest BCUT2D eigenvalue weighted by Gasteiger charge is 2.17. The number of aromatic nitrogens is 3. The van der Waals surface area contributed by atoms with Gasteiger partial charge in [0.1, 0.15) is 5.82 Å². The lowest BCUT2D eigenvalue weighted by molar-refractivity contribution is 0.693. The Hall–Kier alpha value is -3.41. The minimum absolute atomic E-state index is 0.602. The molecule has 5 rings (SSSR count). The summed E-state index contributed by atoms with van der Waals surface area (Å²) in [5.74, 6) is 0.791. The summed E-state index contributed by atoms with van der Waals surface area (Å²) in [6.07, 6.45) is 0. The number of nitrogens with two attached hydrogens (primary N) is 1. The SMILES string of the molecule is Cc1nnc2c(N)c(-c3cccc(CNCc4ccccc4)c3)c3cc(Cl)ccc3n12. The highest BCUT2D eigenvalue weighted by atomic mass is 35.5. The van der Waals surface area contributed by atoms with Crippen LogP contribution in [-0.2, 0) is 13.1 Å². The van der Waals surface area contributed by atoms with Gasteiger partial charge < -0.3 is 11.1 Å². The molecule has 0 bridgehead atoms. The van der Waals surface area contributed by atoms with Gasteiger partial charge in [-0.2, -0.15) is 0 Å². The summed E-state index contributed by atoms with van der Waals surface area (Å²) in [4.78, 5) is 0. The lowest BCUT2D eigenvalue weighted by Gasteiger charge is -2.15. The predicted octanol–water partition coefficient (Wildman–Crippen LogP) is 5.38. The van der Waals surface area contributed by atoms with Crippen LogP contribution in [-0.4, -0.2) is 14.6 Å². The zero-order valence-electron chi connectivity index (χ0n) is 17.1. The van der Waals surface area contributed by atoms with Crippen molar-refractivity contribution in [2.75, 3.05) is 5.73 Å². The summed E-state index contributed by atoms with van der Waals surface area (Å²) < 4.78 is 1.98. The Labute approximate surface area is 185 Å². The molecule has 3 aromatic carbocycles. The number of anilines is 1. The van der Waals surface area contributed by atoms with E-state index in [-0.39, 0.29) is 0 Å². The molecule has 0 radical (unpaired) electrons. The fourth-order valence-corrected chi connectivity index (χ4v) is 4.25. The van der Waals surface area contributed by atoms with E-state index < -0.39 is 0 Å². The van der Waals surface area contributed by atoms with E-state index in [9.17, 15) is 0 Å². The smallest absolute Gasteiger partial charge is 0.185 e. The van der Waals surface area contributed by atoms with Crippen molar-refractivity contribution < 1.29 is 0 Å². The van der Waals surface area contributed by atoms with Crippen LogP contribution in [0.15, 0.2) is 72.8 Å². The van der Waals surface area contributed by atoms with E-state index >= 15 is 0 Å². The summed E-state index contributed by atoms with van der Waals surface area (Å²) in [6.45, 7) is 3.50. The van der Waals surface area contributed by atoms with E-state index in [1.807, 2.05) is 35.6 Å². The molecule has 2 aromatic heterocycles. The minimum atomic E-state index is 0.602. The van der Waals surface area contributed by atoms with Gasteiger partial charge in [-0.05, 0) is 47.9 Å². The van der Waals surface area contributed by atoms with Crippen molar-refractivity contribution in [3.63, 3.8) is 0 Å². The van der Waals surface area contributed by atoms with E-state index in [4.69, 9.17) is 17.3 Å². The maximum atomic E-state index is 6.62. The molecule has 0 aliphatic carbocycles. The van der Waals surface area contributed by atoms with Crippen molar-refractivity contribution >= 4 is 33.8 Å². The number of aryl methyl sites for hydroxylation is 1. The normalized spacial score (nSPS) is 11.4. The zero-order chi connectivity index (χ0) is 21.4. The van der Waals surface area contributed by atoms with Crippen molar-refractivity contribution in [2.45, 2.75) is 20.0 Å². The molecule has 0 saturated carbocycles. The molecule has 0 unspecified atom stereocenters. The fraction of sp³-hybridized carbons (Fsp3) is 0.120. The van der Waals surface area contributed by atoms with Gasteiger partial charge in [-0.1, -0.05) is 60.1 Å². The summed E-state index contributed by atoms with van der Waals surface area (Å²) in [6, 6.07) is 24.6. The van der Waals surface area contributed by atoms with Crippen LogP contribution < -0.4 is 11.1 Å². The van der Waals surface area contributed by atoms with E-state index in [0.29, 0.717) is 16.4 Å². The Kier molecular flexibility index (Phi) is 5.06. The number of hydrogen-bond donors (Lipinski definition) is 2. The van der Waals surface area contributed by atoms with E-state index in [0.717, 1.165) is 40.9 Å². The summed E-state index contributed by atoms with van der Waals surface area (Å²) in [7, 11) is 0. The maximum Gasteiger partial charge on any atom is 0.185 e. The molecule has 0 spiro atoms. The topological polar surface area (TPSA) is 68.2 Å². The van der Waals surface area contributed by atoms with Crippen molar-refractivity contribution in [3.05, 3.63) is 94.8 Å².